The molecule has 0 bridgehead atoms. The summed E-state index contributed by atoms with van der Waals surface area (Å²) in [6.45, 7) is 2.43. The predicted octanol–water partition coefficient (Wildman–Crippen LogP) is 3.94. The van der Waals surface area contributed by atoms with E-state index < -0.39 is 0 Å². The fourth-order valence-electron chi connectivity index (χ4n) is 3.05. The molecule has 5 nitrogen and oxygen atoms in total. The van der Waals surface area contributed by atoms with Crippen molar-refractivity contribution in [3.63, 3.8) is 0 Å². The number of thiophene rings is 1. The Bertz CT molecular complexity index is 948. The summed E-state index contributed by atoms with van der Waals surface area (Å²) >= 11 is 7.55. The molecule has 0 saturated heterocycles. The normalized spacial score (nSPS) is 14.9. The lowest BCUT2D eigenvalue weighted by atomic mass is 10.2. The van der Waals surface area contributed by atoms with Crippen LogP contribution in [-0.2, 0) is 0 Å². The molecule has 0 aliphatic heterocycles. The molecule has 1 amide bonds. The number of halogens is 2. The van der Waals surface area contributed by atoms with Crippen molar-refractivity contribution >= 4 is 51.5 Å². The highest BCUT2D eigenvalue weighted by Crippen LogP contribution is 2.34. The van der Waals surface area contributed by atoms with Gasteiger partial charge in [0.15, 0.2) is 0 Å². The van der Waals surface area contributed by atoms with Crippen molar-refractivity contribution in [2.24, 2.45) is 11.7 Å². The summed E-state index contributed by atoms with van der Waals surface area (Å²) in [5.41, 5.74) is 7.57. The lowest BCUT2D eigenvalue weighted by molar-refractivity contribution is 0.0937. The van der Waals surface area contributed by atoms with Gasteiger partial charge in [-0.1, -0.05) is 17.7 Å². The van der Waals surface area contributed by atoms with Crippen molar-refractivity contribution in [1.29, 1.82) is 0 Å². The van der Waals surface area contributed by atoms with Crippen molar-refractivity contribution in [1.82, 2.24) is 15.1 Å². The van der Waals surface area contributed by atoms with Crippen LogP contribution in [-0.4, -0.2) is 28.3 Å². The van der Waals surface area contributed by atoms with Gasteiger partial charge in [-0.15, -0.1) is 23.7 Å². The highest BCUT2D eigenvalue weighted by Gasteiger charge is 2.31. The van der Waals surface area contributed by atoms with Crippen molar-refractivity contribution in [3.05, 3.63) is 45.9 Å². The number of carbonyl (C=O) groups excluding carboxylic acids is 1. The van der Waals surface area contributed by atoms with Gasteiger partial charge in [0.25, 0.3) is 5.91 Å². The van der Waals surface area contributed by atoms with Gasteiger partial charge >= 0.3 is 0 Å². The summed E-state index contributed by atoms with van der Waals surface area (Å²) in [5.74, 6) is 0.479. The van der Waals surface area contributed by atoms with Gasteiger partial charge in [0.1, 0.15) is 4.83 Å². The first kappa shape index (κ1) is 19.2. The van der Waals surface area contributed by atoms with Crippen LogP contribution in [0, 0.1) is 12.8 Å². The number of benzene rings is 1. The Balaban J connectivity index is 0.00000196. The number of aryl methyl sites for hydroxylation is 1. The van der Waals surface area contributed by atoms with Gasteiger partial charge in [-0.2, -0.15) is 5.10 Å². The monoisotopic (exact) mass is 410 g/mol. The van der Waals surface area contributed by atoms with Gasteiger partial charge in [0.2, 0.25) is 0 Å². The molecule has 3 N–H and O–H groups in total. The summed E-state index contributed by atoms with van der Waals surface area (Å²) in [6, 6.07) is 9.53. The molecule has 2 aromatic heterocycles. The highest BCUT2D eigenvalue weighted by atomic mass is 35.5. The van der Waals surface area contributed by atoms with Crippen molar-refractivity contribution in [2.75, 3.05) is 6.54 Å². The largest absolute Gasteiger partial charge is 0.347 e. The van der Waals surface area contributed by atoms with Crippen LogP contribution in [0.3, 0.4) is 0 Å². The third-order valence-electron chi connectivity index (χ3n) is 4.58. The van der Waals surface area contributed by atoms with Crippen molar-refractivity contribution < 1.29 is 4.79 Å². The van der Waals surface area contributed by atoms with Gasteiger partial charge in [-0.3, -0.25) is 4.79 Å². The number of nitrogens with zero attached hydrogens (tertiary/aromatic N) is 2. The topological polar surface area (TPSA) is 72.9 Å². The molecule has 2 heterocycles. The standard InChI is InChI=1S/C18H19ClN4OS.ClH/c1-10-14-8-16(17(24)21-15(9-20)11-5-6-11)25-18(14)23(22-10)13-4-2-3-12(19)7-13;/h2-4,7-8,11,15H,5-6,9,20H2,1H3,(H,21,24);1H. The van der Waals surface area contributed by atoms with E-state index in [1.54, 1.807) is 0 Å². The molecule has 138 valence electrons. The van der Waals surface area contributed by atoms with E-state index in [0.717, 1.165) is 34.4 Å². The van der Waals surface area contributed by atoms with Crippen LogP contribution in [0.15, 0.2) is 30.3 Å². The quantitative estimate of drug-likeness (QED) is 0.668. The Labute approximate surface area is 166 Å². The number of fused-ring (bicyclic) bond motifs is 1. The second-order valence-electron chi connectivity index (χ2n) is 6.46. The van der Waals surface area contributed by atoms with Gasteiger partial charge in [0.05, 0.1) is 16.3 Å². The molecular formula is C18H20Cl2N4OS. The van der Waals surface area contributed by atoms with Crippen molar-refractivity contribution in [3.8, 4) is 5.69 Å². The van der Waals surface area contributed by atoms with E-state index in [4.69, 9.17) is 17.3 Å². The number of carbonyl (C=O) groups is 1. The fraction of sp³-hybridized carbons (Fsp3) is 0.333. The molecule has 4 rings (SSSR count). The molecule has 1 aliphatic rings. The number of hydrogen-bond acceptors (Lipinski definition) is 4. The minimum absolute atomic E-state index is 0. The minimum atomic E-state index is -0.0550. The van der Waals surface area contributed by atoms with E-state index in [1.807, 2.05) is 41.9 Å². The average Bonchev–Trinajstić information content (AvgIpc) is 3.26. The molecule has 3 aromatic rings. The van der Waals surface area contributed by atoms with Crippen LogP contribution in [0.1, 0.15) is 28.2 Å². The minimum Gasteiger partial charge on any atom is -0.347 e. The molecule has 8 heteroatoms. The highest BCUT2D eigenvalue weighted by molar-refractivity contribution is 7.20. The maximum atomic E-state index is 12.6. The molecule has 1 atom stereocenters. The third kappa shape index (κ3) is 3.60. The number of nitrogens with one attached hydrogen (secondary N) is 1. The zero-order valence-electron chi connectivity index (χ0n) is 14.2. The average molecular weight is 411 g/mol. The Morgan fingerprint density at radius 2 is 2.23 bits per heavy atom. The molecule has 1 saturated carbocycles. The number of hydrogen-bond donors (Lipinski definition) is 2. The van der Waals surface area contributed by atoms with E-state index in [-0.39, 0.29) is 24.4 Å². The van der Waals surface area contributed by atoms with Gasteiger partial charge in [-0.25, -0.2) is 4.68 Å². The fourth-order valence-corrected chi connectivity index (χ4v) is 4.32. The van der Waals surface area contributed by atoms with E-state index in [1.165, 1.54) is 11.3 Å². The predicted molar refractivity (Wildman–Crippen MR) is 109 cm³/mol. The molecule has 1 unspecified atom stereocenters. The molecular weight excluding hydrogens is 391 g/mol. The summed E-state index contributed by atoms with van der Waals surface area (Å²) in [6.07, 6.45) is 2.30. The molecule has 0 radical (unpaired) electrons. The first-order valence-corrected chi connectivity index (χ1v) is 9.52. The van der Waals surface area contributed by atoms with Crippen LogP contribution in [0.5, 0.6) is 0 Å². The smallest absolute Gasteiger partial charge is 0.261 e. The molecule has 26 heavy (non-hydrogen) atoms. The summed E-state index contributed by atoms with van der Waals surface area (Å²) in [5, 5.41) is 9.32. The molecule has 0 spiro atoms. The lowest BCUT2D eigenvalue weighted by Gasteiger charge is -2.15. The molecule has 1 aliphatic carbocycles. The Morgan fingerprint density at radius 3 is 2.88 bits per heavy atom. The van der Waals surface area contributed by atoms with Gasteiger partial charge in [0, 0.05) is 23.0 Å². The van der Waals surface area contributed by atoms with Crippen LogP contribution in [0.25, 0.3) is 15.9 Å². The first-order chi connectivity index (χ1) is 12.1. The number of rotatable bonds is 5. The Kier molecular flexibility index (Phi) is 5.58. The first-order valence-electron chi connectivity index (χ1n) is 8.33. The molecule has 1 fully saturated rings. The maximum absolute atomic E-state index is 12.6. The van der Waals surface area contributed by atoms with Gasteiger partial charge < -0.3 is 11.1 Å². The lowest BCUT2D eigenvalue weighted by Crippen LogP contribution is -2.41. The zero-order valence-corrected chi connectivity index (χ0v) is 16.6. The van der Waals surface area contributed by atoms with Crippen LogP contribution in [0.4, 0.5) is 0 Å². The van der Waals surface area contributed by atoms with Crippen LogP contribution < -0.4 is 11.1 Å². The van der Waals surface area contributed by atoms with Crippen LogP contribution >= 0.6 is 35.3 Å². The second-order valence-corrected chi connectivity index (χ2v) is 7.93. The maximum Gasteiger partial charge on any atom is 0.261 e. The van der Waals surface area contributed by atoms with E-state index in [9.17, 15) is 4.79 Å². The summed E-state index contributed by atoms with van der Waals surface area (Å²) in [4.78, 5) is 14.3. The zero-order chi connectivity index (χ0) is 17.6. The Hall–Kier alpha value is -1.60. The van der Waals surface area contributed by atoms with E-state index >= 15 is 0 Å². The summed E-state index contributed by atoms with van der Waals surface area (Å²) < 4.78 is 1.85. The van der Waals surface area contributed by atoms with Crippen LogP contribution in [0.2, 0.25) is 5.02 Å². The van der Waals surface area contributed by atoms with E-state index in [2.05, 4.69) is 10.4 Å². The summed E-state index contributed by atoms with van der Waals surface area (Å²) in [7, 11) is 0. The Morgan fingerprint density at radius 1 is 1.46 bits per heavy atom. The SMILES string of the molecule is Cc1nn(-c2cccc(Cl)c2)c2sc(C(=O)NC(CN)C3CC3)cc12.Cl. The third-order valence-corrected chi connectivity index (χ3v) is 5.93. The molecule has 1 aromatic carbocycles. The van der Waals surface area contributed by atoms with E-state index in [0.29, 0.717) is 22.4 Å². The second kappa shape index (κ2) is 7.56. The number of amides is 1. The number of aromatic nitrogens is 2. The van der Waals surface area contributed by atoms with Gasteiger partial charge in [-0.05, 0) is 49.9 Å². The number of nitrogens with two attached hydrogens (primary N) is 1. The van der Waals surface area contributed by atoms with Crippen molar-refractivity contribution in [2.45, 2.75) is 25.8 Å².